The van der Waals surface area contributed by atoms with Gasteiger partial charge in [-0.2, -0.15) is 17.0 Å². The van der Waals surface area contributed by atoms with Crippen molar-refractivity contribution in [3.8, 4) is 6.07 Å². The molecule has 1 aliphatic heterocycles. The number of rotatable bonds is 2. The largest absolute Gasteiger partial charge is 0.198 e. The lowest BCUT2D eigenvalue weighted by atomic mass is 9.92. The normalized spacial score (nSPS) is 26.9. The van der Waals surface area contributed by atoms with Gasteiger partial charge in [0.2, 0.25) is 0 Å². The van der Waals surface area contributed by atoms with Gasteiger partial charge in [-0.1, -0.05) is 13.8 Å². The fourth-order valence-electron chi connectivity index (χ4n) is 1.55. The van der Waals surface area contributed by atoms with Crippen molar-refractivity contribution in [1.82, 2.24) is 0 Å². The maximum atomic E-state index is 8.89. The summed E-state index contributed by atoms with van der Waals surface area (Å²) >= 11 is 1.98. The molecule has 1 rings (SSSR count). The lowest BCUT2D eigenvalue weighted by Crippen LogP contribution is -2.18. The molecule has 1 aliphatic rings. The number of nitrogens with zero attached hydrogens (tertiary/aromatic N) is 1. The highest BCUT2D eigenvalue weighted by atomic mass is 32.2. The Kier molecular flexibility index (Phi) is 3.26. The molecule has 2 unspecified atom stereocenters. The molecular weight excluding hydrogens is 154 g/mol. The van der Waals surface area contributed by atoms with Gasteiger partial charge in [0.25, 0.3) is 0 Å². The van der Waals surface area contributed by atoms with Gasteiger partial charge in [-0.3, -0.25) is 0 Å². The molecule has 0 aromatic carbocycles. The van der Waals surface area contributed by atoms with E-state index >= 15 is 0 Å². The Balaban J connectivity index is 2.48. The molecule has 1 fully saturated rings. The third-order valence-electron chi connectivity index (χ3n) is 2.23. The van der Waals surface area contributed by atoms with E-state index in [4.69, 9.17) is 5.26 Å². The van der Waals surface area contributed by atoms with E-state index in [-0.39, 0.29) is 5.92 Å². The number of nitriles is 1. The second-order valence-electron chi connectivity index (χ2n) is 3.45. The van der Waals surface area contributed by atoms with Gasteiger partial charge in [0.15, 0.2) is 0 Å². The molecule has 62 valence electrons. The molecule has 0 saturated carbocycles. The van der Waals surface area contributed by atoms with Gasteiger partial charge < -0.3 is 0 Å². The predicted molar refractivity (Wildman–Crippen MR) is 49.4 cm³/mol. The van der Waals surface area contributed by atoms with Crippen molar-refractivity contribution in [3.63, 3.8) is 0 Å². The Morgan fingerprint density at radius 3 is 2.64 bits per heavy atom. The summed E-state index contributed by atoms with van der Waals surface area (Å²) in [5.41, 5.74) is 0. The molecule has 0 bridgehead atoms. The number of hydrogen-bond acceptors (Lipinski definition) is 2. The number of thioether (sulfide) groups is 1. The average molecular weight is 169 g/mol. The van der Waals surface area contributed by atoms with Crippen molar-refractivity contribution >= 4 is 11.8 Å². The summed E-state index contributed by atoms with van der Waals surface area (Å²) in [7, 11) is 0. The average Bonchev–Trinajstić information content (AvgIpc) is 2.40. The maximum Gasteiger partial charge on any atom is 0.0670 e. The second-order valence-corrected chi connectivity index (χ2v) is 4.80. The van der Waals surface area contributed by atoms with Crippen molar-refractivity contribution in [1.29, 1.82) is 5.26 Å². The van der Waals surface area contributed by atoms with Crippen molar-refractivity contribution in [3.05, 3.63) is 0 Å². The predicted octanol–water partition coefficient (Wildman–Crippen LogP) is 2.68. The summed E-state index contributed by atoms with van der Waals surface area (Å²) in [6.07, 6.45) is 2.56. The van der Waals surface area contributed by atoms with E-state index in [1.54, 1.807) is 0 Å². The molecule has 0 aliphatic carbocycles. The van der Waals surface area contributed by atoms with Crippen LogP contribution in [-0.2, 0) is 0 Å². The van der Waals surface area contributed by atoms with Crippen LogP contribution in [-0.4, -0.2) is 11.0 Å². The van der Waals surface area contributed by atoms with Crippen LogP contribution in [0.5, 0.6) is 0 Å². The van der Waals surface area contributed by atoms with Crippen LogP contribution in [0.3, 0.4) is 0 Å². The highest BCUT2D eigenvalue weighted by Crippen LogP contribution is 2.34. The first-order valence-electron chi connectivity index (χ1n) is 4.27. The van der Waals surface area contributed by atoms with E-state index in [9.17, 15) is 0 Å². The third kappa shape index (κ3) is 2.13. The molecule has 2 heteroatoms. The Hall–Kier alpha value is -0.160. The van der Waals surface area contributed by atoms with Crippen LogP contribution in [0.25, 0.3) is 0 Å². The molecule has 0 radical (unpaired) electrons. The van der Waals surface area contributed by atoms with Crippen LogP contribution in [0.1, 0.15) is 26.7 Å². The van der Waals surface area contributed by atoms with E-state index in [0.717, 1.165) is 0 Å². The highest BCUT2D eigenvalue weighted by molar-refractivity contribution is 8.00. The summed E-state index contributed by atoms with van der Waals surface area (Å²) in [6.45, 7) is 4.29. The first-order valence-corrected chi connectivity index (χ1v) is 5.32. The minimum absolute atomic E-state index is 0.280. The number of hydrogen-bond donors (Lipinski definition) is 0. The highest BCUT2D eigenvalue weighted by Gasteiger charge is 2.27. The van der Waals surface area contributed by atoms with Gasteiger partial charge in [0, 0.05) is 5.25 Å². The van der Waals surface area contributed by atoms with E-state index in [0.29, 0.717) is 11.2 Å². The van der Waals surface area contributed by atoms with Gasteiger partial charge in [0.1, 0.15) is 0 Å². The Bertz CT molecular complexity index is 153. The zero-order chi connectivity index (χ0) is 8.27. The van der Waals surface area contributed by atoms with Gasteiger partial charge in [-0.25, -0.2) is 0 Å². The van der Waals surface area contributed by atoms with Crippen molar-refractivity contribution < 1.29 is 0 Å². The van der Waals surface area contributed by atoms with Gasteiger partial charge in [-0.15, -0.1) is 0 Å². The minimum Gasteiger partial charge on any atom is -0.198 e. The summed E-state index contributed by atoms with van der Waals surface area (Å²) < 4.78 is 0. The second kappa shape index (κ2) is 4.01. The smallest absolute Gasteiger partial charge is 0.0670 e. The molecule has 1 nitrogen and oxygen atoms in total. The summed E-state index contributed by atoms with van der Waals surface area (Å²) in [5.74, 6) is 2.06. The molecule has 1 saturated heterocycles. The lowest BCUT2D eigenvalue weighted by Gasteiger charge is -2.18. The molecule has 0 N–H and O–H groups in total. The zero-order valence-corrected chi connectivity index (χ0v) is 8.03. The van der Waals surface area contributed by atoms with Gasteiger partial charge >= 0.3 is 0 Å². The van der Waals surface area contributed by atoms with Crippen molar-refractivity contribution in [2.75, 3.05) is 5.75 Å². The van der Waals surface area contributed by atoms with Crippen molar-refractivity contribution in [2.24, 2.45) is 11.8 Å². The zero-order valence-electron chi connectivity index (χ0n) is 7.21. The first kappa shape index (κ1) is 8.93. The molecule has 0 amide bonds. The van der Waals surface area contributed by atoms with Crippen LogP contribution in [0.15, 0.2) is 0 Å². The van der Waals surface area contributed by atoms with Gasteiger partial charge in [-0.05, 0) is 24.5 Å². The Morgan fingerprint density at radius 2 is 2.27 bits per heavy atom. The molecule has 11 heavy (non-hydrogen) atoms. The van der Waals surface area contributed by atoms with Crippen LogP contribution >= 0.6 is 11.8 Å². The van der Waals surface area contributed by atoms with Crippen LogP contribution in [0, 0.1) is 23.2 Å². The molecule has 0 aromatic heterocycles. The van der Waals surface area contributed by atoms with Crippen LogP contribution < -0.4 is 0 Å². The first-order chi connectivity index (χ1) is 5.25. The SMILES string of the molecule is CC(C)C(C#N)C1CCCS1. The minimum atomic E-state index is 0.280. The van der Waals surface area contributed by atoms with E-state index < -0.39 is 0 Å². The van der Waals surface area contributed by atoms with Crippen LogP contribution in [0.2, 0.25) is 0 Å². The molecular formula is C9H15NS. The monoisotopic (exact) mass is 169 g/mol. The van der Waals surface area contributed by atoms with Crippen LogP contribution in [0.4, 0.5) is 0 Å². The summed E-state index contributed by atoms with van der Waals surface area (Å²) in [5, 5.41) is 9.52. The van der Waals surface area contributed by atoms with E-state index in [1.807, 2.05) is 11.8 Å². The standard InChI is InChI=1S/C9H15NS/c1-7(2)8(6-10)9-4-3-5-11-9/h7-9H,3-5H2,1-2H3. The third-order valence-corrected chi connectivity index (χ3v) is 3.71. The quantitative estimate of drug-likeness (QED) is 0.634. The van der Waals surface area contributed by atoms with Gasteiger partial charge in [0.05, 0.1) is 12.0 Å². The fraction of sp³-hybridized carbons (Fsp3) is 0.889. The Morgan fingerprint density at radius 1 is 1.55 bits per heavy atom. The maximum absolute atomic E-state index is 8.89. The molecule has 2 atom stereocenters. The van der Waals surface area contributed by atoms with E-state index in [2.05, 4.69) is 19.9 Å². The Labute approximate surface area is 73.2 Å². The van der Waals surface area contributed by atoms with E-state index in [1.165, 1.54) is 18.6 Å². The molecule has 1 heterocycles. The molecule has 0 aromatic rings. The summed E-state index contributed by atoms with van der Waals surface area (Å²) in [6, 6.07) is 2.42. The molecule has 0 spiro atoms. The summed E-state index contributed by atoms with van der Waals surface area (Å²) in [4.78, 5) is 0. The fourth-order valence-corrected chi connectivity index (χ4v) is 3.10. The van der Waals surface area contributed by atoms with Crippen molar-refractivity contribution in [2.45, 2.75) is 31.9 Å². The topological polar surface area (TPSA) is 23.8 Å². The lowest BCUT2D eigenvalue weighted by molar-refractivity contribution is 0.452.